The fraction of sp³-hybridized carbons (Fsp3) is 0.429. The van der Waals surface area contributed by atoms with Gasteiger partial charge in [-0.2, -0.15) is 0 Å². The highest BCUT2D eigenvalue weighted by molar-refractivity contribution is 5.85. The first-order chi connectivity index (χ1) is 12.7. The monoisotopic (exact) mass is 350 g/mol. The summed E-state index contributed by atoms with van der Waals surface area (Å²) in [6.07, 6.45) is 4.99. The van der Waals surface area contributed by atoms with Gasteiger partial charge in [0.25, 0.3) is 0 Å². The lowest BCUT2D eigenvalue weighted by Crippen LogP contribution is -2.37. The lowest BCUT2D eigenvalue weighted by atomic mass is 10.0. The van der Waals surface area contributed by atoms with Crippen molar-refractivity contribution in [3.05, 3.63) is 47.9 Å². The second-order valence-electron chi connectivity index (χ2n) is 6.97. The summed E-state index contributed by atoms with van der Waals surface area (Å²) < 4.78 is 7.50. The van der Waals surface area contributed by atoms with Gasteiger partial charge in [-0.05, 0) is 49.6 Å². The Labute approximate surface area is 154 Å². The summed E-state index contributed by atoms with van der Waals surface area (Å²) in [4.78, 5) is 11.8. The van der Waals surface area contributed by atoms with Gasteiger partial charge in [0.2, 0.25) is 0 Å². The molecule has 5 heteroatoms. The molecule has 1 saturated heterocycles. The Morgan fingerprint density at radius 3 is 2.73 bits per heavy atom. The van der Waals surface area contributed by atoms with Crippen molar-refractivity contribution in [3.8, 4) is 11.4 Å². The number of rotatable bonds is 5. The number of aryl methyl sites for hydroxylation is 2. The molecular formula is C21H26N4O. The standard InChI is InChI=1S/C21H26N4O/c1-3-24-14-21(22-15-24)20-12-16(2)18-13-17(4-5-19(18)23-20)6-7-25-8-10-26-11-9-25/h4-5,12-15H,3,6-11H2,1-2H3. The number of imidazole rings is 1. The van der Waals surface area contributed by atoms with Gasteiger partial charge in [0, 0.05) is 37.8 Å². The minimum atomic E-state index is 0.858. The molecule has 0 N–H and O–H groups in total. The van der Waals surface area contributed by atoms with Gasteiger partial charge < -0.3 is 9.30 Å². The van der Waals surface area contributed by atoms with Crippen LogP contribution in [0.15, 0.2) is 36.8 Å². The molecule has 0 atom stereocenters. The Kier molecular flexibility index (Phi) is 5.00. The highest BCUT2D eigenvalue weighted by Gasteiger charge is 2.11. The normalized spacial score (nSPS) is 15.6. The maximum absolute atomic E-state index is 5.42. The van der Waals surface area contributed by atoms with E-state index in [0.717, 1.165) is 62.7 Å². The molecule has 2 aromatic heterocycles. The van der Waals surface area contributed by atoms with E-state index in [-0.39, 0.29) is 0 Å². The molecule has 5 nitrogen and oxygen atoms in total. The van der Waals surface area contributed by atoms with Gasteiger partial charge in [-0.3, -0.25) is 4.90 Å². The average molecular weight is 350 g/mol. The molecule has 0 radical (unpaired) electrons. The van der Waals surface area contributed by atoms with E-state index in [1.54, 1.807) is 0 Å². The molecular weight excluding hydrogens is 324 g/mol. The van der Waals surface area contributed by atoms with E-state index < -0.39 is 0 Å². The summed E-state index contributed by atoms with van der Waals surface area (Å²) in [6.45, 7) is 10.1. The number of benzene rings is 1. The van der Waals surface area contributed by atoms with Gasteiger partial charge in [0.1, 0.15) is 5.69 Å². The first kappa shape index (κ1) is 17.2. The zero-order valence-electron chi connectivity index (χ0n) is 15.6. The van der Waals surface area contributed by atoms with Crippen LogP contribution in [0.3, 0.4) is 0 Å². The number of pyridine rings is 1. The third-order valence-corrected chi connectivity index (χ3v) is 5.16. The molecule has 3 heterocycles. The quantitative estimate of drug-likeness (QED) is 0.708. The smallest absolute Gasteiger partial charge is 0.107 e. The Hall–Kier alpha value is -2.24. The summed E-state index contributed by atoms with van der Waals surface area (Å²) >= 11 is 0. The van der Waals surface area contributed by atoms with E-state index in [0.29, 0.717) is 0 Å². The number of hydrogen-bond acceptors (Lipinski definition) is 4. The van der Waals surface area contributed by atoms with Gasteiger partial charge in [-0.15, -0.1) is 0 Å². The number of fused-ring (bicyclic) bond motifs is 1. The van der Waals surface area contributed by atoms with Crippen molar-refractivity contribution in [1.29, 1.82) is 0 Å². The van der Waals surface area contributed by atoms with Crippen molar-refractivity contribution in [3.63, 3.8) is 0 Å². The zero-order valence-corrected chi connectivity index (χ0v) is 15.6. The predicted molar refractivity (Wildman–Crippen MR) is 104 cm³/mol. The van der Waals surface area contributed by atoms with Crippen LogP contribution in [-0.4, -0.2) is 52.3 Å². The van der Waals surface area contributed by atoms with Crippen molar-refractivity contribution < 1.29 is 4.74 Å². The Balaban J connectivity index is 1.56. The van der Waals surface area contributed by atoms with Crippen LogP contribution < -0.4 is 0 Å². The fourth-order valence-electron chi connectivity index (χ4n) is 3.51. The number of aromatic nitrogens is 3. The van der Waals surface area contributed by atoms with Crippen molar-refractivity contribution in [1.82, 2.24) is 19.4 Å². The van der Waals surface area contributed by atoms with E-state index in [1.807, 2.05) is 6.33 Å². The summed E-state index contributed by atoms with van der Waals surface area (Å²) in [7, 11) is 0. The van der Waals surface area contributed by atoms with E-state index in [1.165, 1.54) is 16.5 Å². The van der Waals surface area contributed by atoms with Gasteiger partial charge in [0.05, 0.1) is 30.8 Å². The first-order valence-corrected chi connectivity index (χ1v) is 9.45. The third-order valence-electron chi connectivity index (χ3n) is 5.16. The van der Waals surface area contributed by atoms with Crippen LogP contribution in [0.25, 0.3) is 22.3 Å². The van der Waals surface area contributed by atoms with Gasteiger partial charge in [0.15, 0.2) is 0 Å². The van der Waals surface area contributed by atoms with Crippen LogP contribution in [0.4, 0.5) is 0 Å². The minimum absolute atomic E-state index is 0.858. The zero-order chi connectivity index (χ0) is 17.9. The second-order valence-corrected chi connectivity index (χ2v) is 6.97. The highest BCUT2D eigenvalue weighted by atomic mass is 16.5. The van der Waals surface area contributed by atoms with Crippen molar-refractivity contribution in [2.24, 2.45) is 0 Å². The first-order valence-electron chi connectivity index (χ1n) is 9.45. The fourth-order valence-corrected chi connectivity index (χ4v) is 3.51. The summed E-state index contributed by atoms with van der Waals surface area (Å²) in [5.41, 5.74) is 5.55. The van der Waals surface area contributed by atoms with Crippen molar-refractivity contribution >= 4 is 10.9 Å². The minimum Gasteiger partial charge on any atom is -0.379 e. The lowest BCUT2D eigenvalue weighted by Gasteiger charge is -2.26. The average Bonchev–Trinajstić information content (AvgIpc) is 3.16. The maximum Gasteiger partial charge on any atom is 0.107 e. The number of morpholine rings is 1. The molecule has 4 rings (SSSR count). The maximum atomic E-state index is 5.42. The van der Waals surface area contributed by atoms with Gasteiger partial charge in [-0.1, -0.05) is 6.07 Å². The predicted octanol–water partition coefficient (Wildman–Crippen LogP) is 3.30. The Morgan fingerprint density at radius 1 is 1.12 bits per heavy atom. The Morgan fingerprint density at radius 2 is 1.96 bits per heavy atom. The van der Waals surface area contributed by atoms with Crippen LogP contribution in [0.2, 0.25) is 0 Å². The molecule has 0 amide bonds. The van der Waals surface area contributed by atoms with E-state index in [2.05, 4.69) is 58.8 Å². The molecule has 0 aliphatic carbocycles. The largest absolute Gasteiger partial charge is 0.379 e. The molecule has 0 bridgehead atoms. The molecule has 1 fully saturated rings. The highest BCUT2D eigenvalue weighted by Crippen LogP contribution is 2.24. The van der Waals surface area contributed by atoms with Crippen molar-refractivity contribution in [2.75, 3.05) is 32.8 Å². The third kappa shape index (κ3) is 3.64. The molecule has 3 aromatic rings. The molecule has 0 spiro atoms. The van der Waals surface area contributed by atoms with Gasteiger partial charge in [-0.25, -0.2) is 9.97 Å². The van der Waals surface area contributed by atoms with Crippen LogP contribution in [-0.2, 0) is 17.7 Å². The van der Waals surface area contributed by atoms with Crippen molar-refractivity contribution in [2.45, 2.75) is 26.8 Å². The molecule has 136 valence electrons. The molecule has 1 aliphatic rings. The van der Waals surface area contributed by atoms with Crippen LogP contribution >= 0.6 is 0 Å². The van der Waals surface area contributed by atoms with Crippen LogP contribution in [0, 0.1) is 6.92 Å². The van der Waals surface area contributed by atoms with Crippen LogP contribution in [0.1, 0.15) is 18.1 Å². The summed E-state index contributed by atoms with van der Waals surface area (Å²) in [5.74, 6) is 0. The number of hydrogen-bond donors (Lipinski definition) is 0. The molecule has 0 saturated carbocycles. The van der Waals surface area contributed by atoms with Gasteiger partial charge >= 0.3 is 0 Å². The molecule has 1 aliphatic heterocycles. The topological polar surface area (TPSA) is 43.2 Å². The Bertz CT molecular complexity index is 896. The molecule has 26 heavy (non-hydrogen) atoms. The number of ether oxygens (including phenoxy) is 1. The summed E-state index contributed by atoms with van der Waals surface area (Å²) in [6, 6.07) is 8.81. The van der Waals surface area contributed by atoms with E-state index in [4.69, 9.17) is 9.72 Å². The summed E-state index contributed by atoms with van der Waals surface area (Å²) in [5, 5.41) is 1.24. The van der Waals surface area contributed by atoms with E-state index in [9.17, 15) is 0 Å². The van der Waals surface area contributed by atoms with E-state index >= 15 is 0 Å². The number of nitrogens with zero attached hydrogens (tertiary/aromatic N) is 4. The lowest BCUT2D eigenvalue weighted by molar-refractivity contribution is 0.0384. The molecule has 0 unspecified atom stereocenters. The molecule has 1 aromatic carbocycles. The van der Waals surface area contributed by atoms with Crippen LogP contribution in [0.5, 0.6) is 0 Å². The SMILES string of the molecule is CCn1cnc(-c2cc(C)c3cc(CCN4CCOCC4)ccc3n2)c1. The second kappa shape index (κ2) is 7.56.